The average Bonchev–Trinajstić information content (AvgIpc) is 3.11. The standard InChI is InChI=1S/C16H23N7O/c1-21(2)14-5-7-17-16(20-14)22(3)12-6-8-23(11-12)15-18-9-13(24-4)10-19-15/h5,7,9-10,12H,6,8,11H2,1-4H3. The molecular weight excluding hydrogens is 306 g/mol. The molecule has 0 aromatic carbocycles. The third kappa shape index (κ3) is 3.32. The molecule has 128 valence electrons. The van der Waals surface area contributed by atoms with Crippen LogP contribution in [0.3, 0.4) is 0 Å². The number of hydrogen-bond donors (Lipinski definition) is 0. The highest BCUT2D eigenvalue weighted by atomic mass is 16.5. The third-order valence-corrected chi connectivity index (χ3v) is 4.25. The van der Waals surface area contributed by atoms with Gasteiger partial charge in [0.05, 0.1) is 25.5 Å². The minimum absolute atomic E-state index is 0.327. The Balaban J connectivity index is 1.69. The second kappa shape index (κ2) is 6.86. The lowest BCUT2D eigenvalue weighted by atomic mass is 10.2. The van der Waals surface area contributed by atoms with Gasteiger partial charge in [0, 0.05) is 40.4 Å². The maximum absolute atomic E-state index is 5.11. The summed E-state index contributed by atoms with van der Waals surface area (Å²) in [6.07, 6.45) is 6.21. The van der Waals surface area contributed by atoms with E-state index in [2.05, 4.69) is 29.7 Å². The zero-order valence-electron chi connectivity index (χ0n) is 14.5. The normalized spacial score (nSPS) is 17.0. The number of aromatic nitrogens is 4. The Hall–Kier alpha value is -2.64. The zero-order chi connectivity index (χ0) is 17.1. The van der Waals surface area contributed by atoms with Gasteiger partial charge in [-0.1, -0.05) is 0 Å². The van der Waals surface area contributed by atoms with Crippen LogP contribution in [-0.4, -0.2) is 67.3 Å². The molecule has 1 fully saturated rings. The molecule has 0 spiro atoms. The van der Waals surface area contributed by atoms with E-state index in [1.165, 1.54) is 0 Å². The predicted molar refractivity (Wildman–Crippen MR) is 94.0 cm³/mol. The highest BCUT2D eigenvalue weighted by Gasteiger charge is 2.28. The van der Waals surface area contributed by atoms with Crippen molar-refractivity contribution in [3.63, 3.8) is 0 Å². The van der Waals surface area contributed by atoms with E-state index in [1.807, 2.05) is 32.1 Å². The van der Waals surface area contributed by atoms with E-state index in [4.69, 9.17) is 4.74 Å². The van der Waals surface area contributed by atoms with Crippen LogP contribution in [0.1, 0.15) is 6.42 Å². The molecule has 2 aromatic heterocycles. The maximum atomic E-state index is 5.11. The van der Waals surface area contributed by atoms with Crippen molar-refractivity contribution >= 4 is 17.7 Å². The molecule has 1 atom stereocenters. The molecule has 0 saturated carbocycles. The summed E-state index contributed by atoms with van der Waals surface area (Å²) in [5, 5.41) is 0. The van der Waals surface area contributed by atoms with Crippen LogP contribution >= 0.6 is 0 Å². The fraction of sp³-hybridized carbons (Fsp3) is 0.500. The highest BCUT2D eigenvalue weighted by Crippen LogP contribution is 2.23. The number of nitrogens with zero attached hydrogens (tertiary/aromatic N) is 7. The van der Waals surface area contributed by atoms with Gasteiger partial charge in [0.15, 0.2) is 5.75 Å². The summed E-state index contributed by atoms with van der Waals surface area (Å²) in [6.45, 7) is 1.76. The first-order valence-corrected chi connectivity index (χ1v) is 7.92. The minimum Gasteiger partial charge on any atom is -0.494 e. The van der Waals surface area contributed by atoms with Crippen LogP contribution in [0.2, 0.25) is 0 Å². The lowest BCUT2D eigenvalue weighted by Crippen LogP contribution is -2.36. The molecule has 24 heavy (non-hydrogen) atoms. The number of anilines is 3. The van der Waals surface area contributed by atoms with Crippen LogP contribution in [0.5, 0.6) is 5.75 Å². The molecule has 1 aliphatic rings. The first-order chi connectivity index (χ1) is 11.6. The second-order valence-electron chi connectivity index (χ2n) is 6.03. The SMILES string of the molecule is COc1cnc(N2CCC(N(C)c3nccc(N(C)C)n3)C2)nc1. The number of methoxy groups -OCH3 is 1. The van der Waals surface area contributed by atoms with Crippen LogP contribution in [0.25, 0.3) is 0 Å². The van der Waals surface area contributed by atoms with Crippen molar-refractivity contribution in [2.45, 2.75) is 12.5 Å². The second-order valence-corrected chi connectivity index (χ2v) is 6.03. The molecule has 3 heterocycles. The molecule has 0 N–H and O–H groups in total. The number of rotatable bonds is 5. The van der Waals surface area contributed by atoms with Gasteiger partial charge in [0.1, 0.15) is 5.82 Å². The Morgan fingerprint density at radius 3 is 2.58 bits per heavy atom. The molecule has 1 aliphatic heterocycles. The number of hydrogen-bond acceptors (Lipinski definition) is 8. The summed E-state index contributed by atoms with van der Waals surface area (Å²) in [5.74, 6) is 3.04. The van der Waals surface area contributed by atoms with Gasteiger partial charge in [-0.3, -0.25) is 0 Å². The monoisotopic (exact) mass is 329 g/mol. The molecule has 0 bridgehead atoms. The van der Waals surface area contributed by atoms with E-state index in [9.17, 15) is 0 Å². The van der Waals surface area contributed by atoms with Crippen molar-refractivity contribution < 1.29 is 4.74 Å². The predicted octanol–water partition coefficient (Wildman–Crippen LogP) is 1.06. The maximum Gasteiger partial charge on any atom is 0.227 e. The summed E-state index contributed by atoms with van der Waals surface area (Å²) in [7, 11) is 7.60. The lowest BCUT2D eigenvalue weighted by Gasteiger charge is -2.25. The molecule has 0 radical (unpaired) electrons. The van der Waals surface area contributed by atoms with Crippen LogP contribution in [0.15, 0.2) is 24.7 Å². The van der Waals surface area contributed by atoms with Crippen molar-refractivity contribution in [1.29, 1.82) is 0 Å². The van der Waals surface area contributed by atoms with Gasteiger partial charge in [0.25, 0.3) is 0 Å². The summed E-state index contributed by atoms with van der Waals surface area (Å²) >= 11 is 0. The van der Waals surface area contributed by atoms with Gasteiger partial charge < -0.3 is 19.4 Å². The van der Waals surface area contributed by atoms with Crippen molar-refractivity contribution in [2.24, 2.45) is 0 Å². The number of likely N-dealkylation sites (N-methyl/N-ethyl adjacent to an activating group) is 1. The Morgan fingerprint density at radius 1 is 1.17 bits per heavy atom. The molecule has 0 aliphatic carbocycles. The van der Waals surface area contributed by atoms with E-state index >= 15 is 0 Å². The molecule has 8 nitrogen and oxygen atoms in total. The topological polar surface area (TPSA) is 70.5 Å². The molecule has 3 rings (SSSR count). The Labute approximate surface area is 142 Å². The third-order valence-electron chi connectivity index (χ3n) is 4.25. The molecule has 1 unspecified atom stereocenters. The highest BCUT2D eigenvalue weighted by molar-refractivity contribution is 5.44. The van der Waals surface area contributed by atoms with Gasteiger partial charge in [-0.25, -0.2) is 15.0 Å². The fourth-order valence-corrected chi connectivity index (χ4v) is 2.74. The van der Waals surface area contributed by atoms with E-state index < -0.39 is 0 Å². The van der Waals surface area contributed by atoms with Crippen LogP contribution in [0, 0.1) is 0 Å². The largest absolute Gasteiger partial charge is 0.494 e. The van der Waals surface area contributed by atoms with Crippen LogP contribution in [-0.2, 0) is 0 Å². The van der Waals surface area contributed by atoms with Gasteiger partial charge >= 0.3 is 0 Å². The van der Waals surface area contributed by atoms with Crippen molar-refractivity contribution in [1.82, 2.24) is 19.9 Å². The average molecular weight is 329 g/mol. The fourth-order valence-electron chi connectivity index (χ4n) is 2.74. The van der Waals surface area contributed by atoms with Crippen LogP contribution < -0.4 is 19.4 Å². The molecular formula is C16H23N7O. The van der Waals surface area contributed by atoms with E-state index in [-0.39, 0.29) is 0 Å². The van der Waals surface area contributed by atoms with Gasteiger partial charge in [0.2, 0.25) is 11.9 Å². The van der Waals surface area contributed by atoms with Gasteiger partial charge in [-0.2, -0.15) is 4.98 Å². The van der Waals surface area contributed by atoms with Gasteiger partial charge in [-0.15, -0.1) is 0 Å². The summed E-state index contributed by atoms with van der Waals surface area (Å²) in [4.78, 5) is 24.0. The quantitative estimate of drug-likeness (QED) is 0.806. The molecule has 2 aromatic rings. The van der Waals surface area contributed by atoms with Crippen molar-refractivity contribution in [2.75, 3.05) is 56.0 Å². The van der Waals surface area contributed by atoms with Gasteiger partial charge in [-0.05, 0) is 12.5 Å². The Kier molecular flexibility index (Phi) is 4.64. The first kappa shape index (κ1) is 16.2. The first-order valence-electron chi connectivity index (χ1n) is 7.92. The van der Waals surface area contributed by atoms with Crippen molar-refractivity contribution in [3.8, 4) is 5.75 Å². The Morgan fingerprint density at radius 2 is 1.92 bits per heavy atom. The smallest absolute Gasteiger partial charge is 0.227 e. The Bertz CT molecular complexity index is 676. The molecule has 0 amide bonds. The zero-order valence-corrected chi connectivity index (χ0v) is 14.5. The summed E-state index contributed by atoms with van der Waals surface area (Å²) in [5.41, 5.74) is 0. The summed E-state index contributed by atoms with van der Waals surface area (Å²) in [6, 6.07) is 2.23. The molecule has 1 saturated heterocycles. The van der Waals surface area contributed by atoms with E-state index in [0.29, 0.717) is 11.8 Å². The summed E-state index contributed by atoms with van der Waals surface area (Å²) < 4.78 is 5.11. The van der Waals surface area contributed by atoms with E-state index in [0.717, 1.165) is 37.2 Å². The lowest BCUT2D eigenvalue weighted by molar-refractivity contribution is 0.410. The van der Waals surface area contributed by atoms with Crippen LogP contribution in [0.4, 0.5) is 17.7 Å². The van der Waals surface area contributed by atoms with E-state index in [1.54, 1.807) is 25.7 Å². The number of ether oxygens (including phenoxy) is 1. The molecule has 8 heteroatoms. The minimum atomic E-state index is 0.327. The van der Waals surface area contributed by atoms with Crippen molar-refractivity contribution in [3.05, 3.63) is 24.7 Å².